The van der Waals surface area contributed by atoms with Crippen LogP contribution in [0.15, 0.2) is 36.5 Å². The Labute approximate surface area is 137 Å². The lowest BCUT2D eigenvalue weighted by atomic mass is 10.1. The molecule has 0 fully saturated rings. The summed E-state index contributed by atoms with van der Waals surface area (Å²) < 4.78 is 13.1. The summed E-state index contributed by atoms with van der Waals surface area (Å²) >= 11 is 11.8. The molecular weight excluding hydrogens is 330 g/mol. The van der Waals surface area contributed by atoms with Gasteiger partial charge in [0.1, 0.15) is 0 Å². The molecule has 4 nitrogen and oxygen atoms in total. The lowest BCUT2D eigenvalue weighted by molar-refractivity contribution is 0.0707. The summed E-state index contributed by atoms with van der Waals surface area (Å²) in [5.74, 6) is -1.13. The maximum absolute atomic E-state index is 13.1. The van der Waals surface area contributed by atoms with Crippen LogP contribution < -0.4 is 0 Å². The quantitative estimate of drug-likeness (QED) is 0.849. The molecule has 1 aromatic carbocycles. The maximum atomic E-state index is 13.1. The number of hydrogen-bond donors (Lipinski definition) is 1. The van der Waals surface area contributed by atoms with E-state index in [9.17, 15) is 9.18 Å². The molecule has 7 heteroatoms. The number of halogens is 3. The third kappa shape index (κ3) is 4.16. The van der Waals surface area contributed by atoms with Crippen molar-refractivity contribution < 1.29 is 14.3 Å². The Morgan fingerprint density at radius 3 is 2.64 bits per heavy atom. The Morgan fingerprint density at radius 1 is 1.23 bits per heavy atom. The van der Waals surface area contributed by atoms with Gasteiger partial charge in [0.2, 0.25) is 5.95 Å². The number of carbonyl (C=O) groups excluding carboxylic acids is 1. The van der Waals surface area contributed by atoms with Gasteiger partial charge in [-0.15, -0.1) is 0 Å². The van der Waals surface area contributed by atoms with Gasteiger partial charge in [-0.1, -0.05) is 29.3 Å². The standard InChI is InChI=1S/C15H13Cl2FN2O2/c16-12-2-1-10(7-13(12)17)9-20(5-6-21)15(22)11-3-4-19-14(18)8-11/h1-4,7-8,21H,5-6,9H2. The molecule has 0 atom stereocenters. The van der Waals surface area contributed by atoms with E-state index in [2.05, 4.69) is 4.98 Å². The van der Waals surface area contributed by atoms with E-state index in [0.29, 0.717) is 10.0 Å². The van der Waals surface area contributed by atoms with Gasteiger partial charge < -0.3 is 10.0 Å². The van der Waals surface area contributed by atoms with Crippen molar-refractivity contribution in [3.8, 4) is 0 Å². The highest BCUT2D eigenvalue weighted by molar-refractivity contribution is 6.42. The molecule has 0 aliphatic carbocycles. The zero-order valence-electron chi connectivity index (χ0n) is 11.5. The number of benzene rings is 1. The summed E-state index contributed by atoms with van der Waals surface area (Å²) in [4.78, 5) is 17.2. The lowest BCUT2D eigenvalue weighted by Crippen LogP contribution is -2.33. The van der Waals surface area contributed by atoms with E-state index in [0.717, 1.165) is 11.6 Å². The number of aromatic nitrogens is 1. The predicted molar refractivity (Wildman–Crippen MR) is 82.5 cm³/mol. The summed E-state index contributed by atoms with van der Waals surface area (Å²) in [6, 6.07) is 7.49. The van der Waals surface area contributed by atoms with Crippen molar-refractivity contribution in [3.05, 3.63) is 63.6 Å². The number of pyridine rings is 1. The van der Waals surface area contributed by atoms with Crippen molar-refractivity contribution in [1.82, 2.24) is 9.88 Å². The molecule has 0 spiro atoms. The number of aliphatic hydroxyl groups excluding tert-OH is 1. The van der Waals surface area contributed by atoms with Crippen molar-refractivity contribution in [2.24, 2.45) is 0 Å². The number of rotatable bonds is 5. The molecule has 1 amide bonds. The van der Waals surface area contributed by atoms with Gasteiger partial charge in [0.25, 0.3) is 5.91 Å². The predicted octanol–water partition coefficient (Wildman–Crippen LogP) is 3.16. The highest BCUT2D eigenvalue weighted by Crippen LogP contribution is 2.23. The van der Waals surface area contributed by atoms with Crippen LogP contribution in [0.5, 0.6) is 0 Å². The fourth-order valence-electron chi connectivity index (χ4n) is 1.95. The van der Waals surface area contributed by atoms with Crippen LogP contribution in [-0.2, 0) is 6.54 Å². The molecule has 2 aromatic rings. The normalized spacial score (nSPS) is 10.5. The average Bonchev–Trinajstić information content (AvgIpc) is 2.50. The van der Waals surface area contributed by atoms with E-state index >= 15 is 0 Å². The van der Waals surface area contributed by atoms with E-state index in [4.69, 9.17) is 28.3 Å². The van der Waals surface area contributed by atoms with Crippen molar-refractivity contribution in [2.75, 3.05) is 13.2 Å². The smallest absolute Gasteiger partial charge is 0.254 e. The molecule has 1 heterocycles. The molecule has 116 valence electrons. The fraction of sp³-hybridized carbons (Fsp3) is 0.200. The second-order valence-corrected chi connectivity index (χ2v) is 5.38. The van der Waals surface area contributed by atoms with Crippen LogP contribution in [0.4, 0.5) is 4.39 Å². The summed E-state index contributed by atoms with van der Waals surface area (Å²) in [6.07, 6.45) is 1.22. The molecule has 0 bridgehead atoms. The molecular formula is C15H13Cl2FN2O2. The van der Waals surface area contributed by atoms with Gasteiger partial charge in [0.05, 0.1) is 16.7 Å². The van der Waals surface area contributed by atoms with Gasteiger partial charge in [-0.05, 0) is 23.8 Å². The molecule has 0 unspecified atom stereocenters. The zero-order chi connectivity index (χ0) is 16.1. The molecule has 0 radical (unpaired) electrons. The maximum Gasteiger partial charge on any atom is 0.254 e. The van der Waals surface area contributed by atoms with Gasteiger partial charge in [0, 0.05) is 30.9 Å². The van der Waals surface area contributed by atoms with Crippen LogP contribution in [-0.4, -0.2) is 34.0 Å². The van der Waals surface area contributed by atoms with Gasteiger partial charge >= 0.3 is 0 Å². The summed E-state index contributed by atoms with van der Waals surface area (Å²) in [5, 5.41) is 9.93. The highest BCUT2D eigenvalue weighted by Gasteiger charge is 2.17. The van der Waals surface area contributed by atoms with E-state index in [-0.39, 0.29) is 25.3 Å². The Kier molecular flexibility index (Phi) is 5.71. The Hall–Kier alpha value is -1.69. The Morgan fingerprint density at radius 2 is 2.00 bits per heavy atom. The first-order valence-electron chi connectivity index (χ1n) is 6.47. The van der Waals surface area contributed by atoms with Gasteiger partial charge in [-0.3, -0.25) is 4.79 Å². The number of carbonyl (C=O) groups is 1. The number of nitrogens with zero attached hydrogens (tertiary/aromatic N) is 2. The third-order valence-electron chi connectivity index (χ3n) is 2.99. The van der Waals surface area contributed by atoms with Gasteiger partial charge in [-0.25, -0.2) is 4.98 Å². The number of hydrogen-bond acceptors (Lipinski definition) is 3. The van der Waals surface area contributed by atoms with Crippen LogP contribution in [0.1, 0.15) is 15.9 Å². The van der Waals surface area contributed by atoms with Crippen LogP contribution >= 0.6 is 23.2 Å². The second-order valence-electron chi connectivity index (χ2n) is 4.57. The van der Waals surface area contributed by atoms with Crippen molar-refractivity contribution in [3.63, 3.8) is 0 Å². The molecule has 1 N–H and O–H groups in total. The van der Waals surface area contributed by atoms with Crippen LogP contribution in [0.2, 0.25) is 10.0 Å². The molecule has 1 aromatic heterocycles. The van der Waals surface area contributed by atoms with E-state index in [1.807, 2.05) is 0 Å². The minimum atomic E-state index is -0.732. The molecule has 0 aliphatic heterocycles. The largest absolute Gasteiger partial charge is 0.395 e. The third-order valence-corrected chi connectivity index (χ3v) is 3.73. The minimum Gasteiger partial charge on any atom is -0.395 e. The molecule has 2 rings (SSSR count). The van der Waals surface area contributed by atoms with Gasteiger partial charge in [-0.2, -0.15) is 4.39 Å². The van der Waals surface area contributed by atoms with Crippen LogP contribution in [0, 0.1) is 5.95 Å². The first-order valence-corrected chi connectivity index (χ1v) is 7.22. The Balaban J connectivity index is 2.22. The second kappa shape index (κ2) is 7.54. The first kappa shape index (κ1) is 16.7. The molecule has 0 saturated heterocycles. The zero-order valence-corrected chi connectivity index (χ0v) is 13.0. The molecule has 0 saturated carbocycles. The lowest BCUT2D eigenvalue weighted by Gasteiger charge is -2.22. The van der Waals surface area contributed by atoms with Crippen molar-refractivity contribution >= 4 is 29.1 Å². The number of amides is 1. The summed E-state index contributed by atoms with van der Waals surface area (Å²) in [5.41, 5.74) is 0.923. The Bertz CT molecular complexity index is 682. The first-order chi connectivity index (χ1) is 10.5. The fourth-order valence-corrected chi connectivity index (χ4v) is 2.27. The van der Waals surface area contributed by atoms with Crippen molar-refractivity contribution in [1.29, 1.82) is 0 Å². The number of aliphatic hydroxyl groups is 1. The molecule has 0 aliphatic rings. The highest BCUT2D eigenvalue weighted by atomic mass is 35.5. The van der Waals surface area contributed by atoms with E-state index < -0.39 is 11.9 Å². The van der Waals surface area contributed by atoms with E-state index in [1.54, 1.807) is 18.2 Å². The van der Waals surface area contributed by atoms with Crippen LogP contribution in [0.25, 0.3) is 0 Å². The van der Waals surface area contributed by atoms with Crippen LogP contribution in [0.3, 0.4) is 0 Å². The van der Waals surface area contributed by atoms with Gasteiger partial charge in [0.15, 0.2) is 0 Å². The van der Waals surface area contributed by atoms with Crippen molar-refractivity contribution in [2.45, 2.75) is 6.54 Å². The van der Waals surface area contributed by atoms with E-state index in [1.165, 1.54) is 17.2 Å². The average molecular weight is 343 g/mol. The minimum absolute atomic E-state index is 0.114. The monoisotopic (exact) mass is 342 g/mol. The molecule has 22 heavy (non-hydrogen) atoms. The summed E-state index contributed by atoms with van der Waals surface area (Å²) in [6.45, 7) is 0.129. The topological polar surface area (TPSA) is 53.4 Å². The summed E-state index contributed by atoms with van der Waals surface area (Å²) in [7, 11) is 0. The SMILES string of the molecule is O=C(c1ccnc(F)c1)N(CCO)Cc1ccc(Cl)c(Cl)c1.